The van der Waals surface area contributed by atoms with Crippen LogP contribution in [0.25, 0.3) is 11.5 Å². The minimum Gasteiger partial charge on any atom is -0.469 e. The molecule has 2 aromatic heterocycles. The number of rotatable bonds is 5. The molecule has 5 heteroatoms. The molecule has 0 saturated heterocycles. The molecule has 2 rings (SSSR count). The number of furan rings is 1. The van der Waals surface area contributed by atoms with Gasteiger partial charge in [0.25, 0.3) is 5.89 Å². The van der Waals surface area contributed by atoms with Crippen molar-refractivity contribution in [2.24, 2.45) is 0 Å². The molecule has 1 atom stereocenters. The van der Waals surface area contributed by atoms with Crippen LogP contribution in [0.15, 0.2) is 21.3 Å². The Morgan fingerprint density at radius 2 is 2.24 bits per heavy atom. The Hall–Kier alpha value is -1.62. The summed E-state index contributed by atoms with van der Waals surface area (Å²) >= 11 is 0. The number of nitrogens with zero attached hydrogens (tertiary/aromatic N) is 2. The van der Waals surface area contributed by atoms with E-state index in [9.17, 15) is 5.11 Å². The van der Waals surface area contributed by atoms with Gasteiger partial charge in [0.2, 0.25) is 5.82 Å². The van der Waals surface area contributed by atoms with Crippen LogP contribution in [0.4, 0.5) is 0 Å². The lowest BCUT2D eigenvalue weighted by atomic mass is 10.2. The summed E-state index contributed by atoms with van der Waals surface area (Å²) in [6.45, 7) is 3.99. The summed E-state index contributed by atoms with van der Waals surface area (Å²) in [5, 5.41) is 13.5. The molecular weight excluding hydrogens is 220 g/mol. The first-order valence-electron chi connectivity index (χ1n) is 5.84. The van der Waals surface area contributed by atoms with Crippen LogP contribution < -0.4 is 0 Å². The second-order valence-electron chi connectivity index (χ2n) is 3.87. The molecule has 5 nitrogen and oxygen atoms in total. The van der Waals surface area contributed by atoms with Crippen LogP contribution in [0.1, 0.15) is 44.4 Å². The zero-order chi connectivity index (χ0) is 12.3. The Morgan fingerprint density at radius 3 is 2.94 bits per heavy atom. The molecule has 0 bridgehead atoms. The molecule has 17 heavy (non-hydrogen) atoms. The molecule has 92 valence electrons. The van der Waals surface area contributed by atoms with Crippen LogP contribution in [-0.4, -0.2) is 15.2 Å². The normalized spacial score (nSPS) is 12.9. The van der Waals surface area contributed by atoms with Crippen molar-refractivity contribution in [3.8, 4) is 11.5 Å². The van der Waals surface area contributed by atoms with Gasteiger partial charge in [0.1, 0.15) is 11.9 Å². The van der Waals surface area contributed by atoms with Crippen molar-refractivity contribution < 1.29 is 14.0 Å². The second kappa shape index (κ2) is 5.14. The zero-order valence-electron chi connectivity index (χ0n) is 10.0. The molecule has 0 spiro atoms. The number of hydrogen-bond donors (Lipinski definition) is 1. The molecule has 1 N–H and O–H groups in total. The third-order valence-corrected chi connectivity index (χ3v) is 2.60. The van der Waals surface area contributed by atoms with Gasteiger partial charge in [-0.15, -0.1) is 0 Å². The van der Waals surface area contributed by atoms with Gasteiger partial charge in [0.05, 0.1) is 11.8 Å². The number of aromatic nitrogens is 2. The molecule has 1 unspecified atom stereocenters. The van der Waals surface area contributed by atoms with E-state index in [0.717, 1.165) is 24.2 Å². The lowest BCUT2D eigenvalue weighted by molar-refractivity contribution is 0.153. The van der Waals surface area contributed by atoms with Crippen molar-refractivity contribution in [3.05, 3.63) is 23.9 Å². The first-order chi connectivity index (χ1) is 8.26. The molecule has 0 radical (unpaired) electrons. The zero-order valence-corrected chi connectivity index (χ0v) is 10.0. The van der Waals surface area contributed by atoms with Gasteiger partial charge >= 0.3 is 0 Å². The molecule has 0 aliphatic rings. The highest BCUT2D eigenvalue weighted by atomic mass is 16.5. The van der Waals surface area contributed by atoms with Crippen LogP contribution in [0.2, 0.25) is 0 Å². The third-order valence-electron chi connectivity index (χ3n) is 2.60. The van der Waals surface area contributed by atoms with Crippen molar-refractivity contribution in [3.63, 3.8) is 0 Å². The summed E-state index contributed by atoms with van der Waals surface area (Å²) in [6, 6.07) is 1.79. The van der Waals surface area contributed by atoms with Gasteiger partial charge in [-0.3, -0.25) is 0 Å². The highest BCUT2D eigenvalue weighted by Gasteiger charge is 2.18. The van der Waals surface area contributed by atoms with E-state index < -0.39 is 6.10 Å². The Bertz CT molecular complexity index is 476. The molecular formula is C12H16N2O3. The van der Waals surface area contributed by atoms with Crippen LogP contribution in [0, 0.1) is 0 Å². The molecule has 0 aromatic carbocycles. The molecule has 0 amide bonds. The lowest BCUT2D eigenvalue weighted by Crippen LogP contribution is -1.98. The van der Waals surface area contributed by atoms with E-state index >= 15 is 0 Å². The Kier molecular flexibility index (Phi) is 3.58. The Balaban J connectivity index is 2.23. The minimum atomic E-state index is -0.658. The van der Waals surface area contributed by atoms with Crippen LogP contribution >= 0.6 is 0 Å². The fourth-order valence-electron chi connectivity index (χ4n) is 1.69. The van der Waals surface area contributed by atoms with Gasteiger partial charge in [0, 0.05) is 6.42 Å². The summed E-state index contributed by atoms with van der Waals surface area (Å²) in [6.07, 6.45) is 3.20. The average Bonchev–Trinajstić information content (AvgIpc) is 2.97. The van der Waals surface area contributed by atoms with Gasteiger partial charge in [-0.2, -0.15) is 4.98 Å². The topological polar surface area (TPSA) is 72.3 Å². The number of aryl methyl sites for hydroxylation is 1. The smallest absolute Gasteiger partial charge is 0.261 e. The first kappa shape index (κ1) is 11.9. The Morgan fingerprint density at radius 1 is 1.41 bits per heavy atom. The van der Waals surface area contributed by atoms with Crippen molar-refractivity contribution in [1.82, 2.24) is 10.1 Å². The van der Waals surface area contributed by atoms with E-state index in [1.54, 1.807) is 12.3 Å². The second-order valence-corrected chi connectivity index (χ2v) is 3.87. The maximum atomic E-state index is 9.75. The van der Waals surface area contributed by atoms with E-state index in [1.165, 1.54) is 0 Å². The largest absolute Gasteiger partial charge is 0.469 e. The standard InChI is InChI=1S/C12H16N2O3/c1-3-5-9(15)11-13-12(17-14-11)8-6-7-16-10(8)4-2/h6-7,9,15H,3-5H2,1-2H3. The minimum absolute atomic E-state index is 0.338. The van der Waals surface area contributed by atoms with E-state index in [1.807, 2.05) is 13.8 Å². The van der Waals surface area contributed by atoms with Crippen molar-refractivity contribution in [1.29, 1.82) is 0 Å². The van der Waals surface area contributed by atoms with Gasteiger partial charge in [-0.05, 0) is 12.5 Å². The van der Waals surface area contributed by atoms with Crippen molar-refractivity contribution in [2.45, 2.75) is 39.2 Å². The summed E-state index contributed by atoms with van der Waals surface area (Å²) in [7, 11) is 0. The van der Waals surface area contributed by atoms with Crippen LogP contribution in [0.3, 0.4) is 0 Å². The van der Waals surface area contributed by atoms with Crippen LogP contribution in [0.5, 0.6) is 0 Å². The van der Waals surface area contributed by atoms with E-state index in [2.05, 4.69) is 10.1 Å². The number of hydrogen-bond acceptors (Lipinski definition) is 5. The molecule has 0 fully saturated rings. The summed E-state index contributed by atoms with van der Waals surface area (Å²) in [4.78, 5) is 4.19. The molecule has 2 aromatic rings. The average molecular weight is 236 g/mol. The fourth-order valence-corrected chi connectivity index (χ4v) is 1.69. The highest BCUT2D eigenvalue weighted by Crippen LogP contribution is 2.25. The van der Waals surface area contributed by atoms with Crippen molar-refractivity contribution in [2.75, 3.05) is 0 Å². The van der Waals surface area contributed by atoms with Crippen LogP contribution in [-0.2, 0) is 6.42 Å². The first-order valence-corrected chi connectivity index (χ1v) is 5.84. The molecule has 2 heterocycles. The van der Waals surface area contributed by atoms with Gasteiger partial charge in [-0.1, -0.05) is 25.4 Å². The molecule has 0 aliphatic carbocycles. The van der Waals surface area contributed by atoms with Gasteiger partial charge < -0.3 is 14.0 Å². The monoisotopic (exact) mass is 236 g/mol. The number of aliphatic hydroxyl groups excluding tert-OH is 1. The number of aliphatic hydroxyl groups is 1. The van der Waals surface area contributed by atoms with E-state index in [4.69, 9.17) is 8.94 Å². The molecule has 0 saturated carbocycles. The maximum absolute atomic E-state index is 9.75. The highest BCUT2D eigenvalue weighted by molar-refractivity contribution is 5.55. The predicted octanol–water partition coefficient (Wildman–Crippen LogP) is 2.73. The van der Waals surface area contributed by atoms with E-state index in [-0.39, 0.29) is 0 Å². The van der Waals surface area contributed by atoms with E-state index in [0.29, 0.717) is 18.1 Å². The molecule has 0 aliphatic heterocycles. The summed E-state index contributed by atoms with van der Waals surface area (Å²) in [5.41, 5.74) is 0.801. The predicted molar refractivity (Wildman–Crippen MR) is 61.2 cm³/mol. The summed E-state index contributed by atoms with van der Waals surface area (Å²) < 4.78 is 10.4. The SMILES string of the molecule is CCCC(O)c1noc(-c2ccoc2CC)n1. The van der Waals surface area contributed by atoms with Crippen molar-refractivity contribution >= 4 is 0 Å². The summed E-state index contributed by atoms with van der Waals surface area (Å²) in [5.74, 6) is 1.55. The lowest BCUT2D eigenvalue weighted by Gasteiger charge is -2.01. The Labute approximate surface area is 99.5 Å². The third kappa shape index (κ3) is 2.39. The van der Waals surface area contributed by atoms with Gasteiger partial charge in [-0.25, -0.2) is 0 Å². The fraction of sp³-hybridized carbons (Fsp3) is 0.500. The quantitative estimate of drug-likeness (QED) is 0.864. The maximum Gasteiger partial charge on any atom is 0.261 e. The van der Waals surface area contributed by atoms with Gasteiger partial charge in [0.15, 0.2) is 0 Å².